The van der Waals surface area contributed by atoms with Gasteiger partial charge in [0, 0.05) is 16.2 Å². The Morgan fingerprint density at radius 3 is 2.84 bits per heavy atom. The van der Waals surface area contributed by atoms with E-state index in [2.05, 4.69) is 19.2 Å². The molecule has 1 aliphatic carbocycles. The molecule has 1 saturated carbocycles. The smallest absolute Gasteiger partial charge is 0.137 e. The Labute approximate surface area is 120 Å². The fraction of sp³-hybridized carbons (Fsp3) is 0.625. The first-order chi connectivity index (χ1) is 9.11. The molecule has 0 radical (unpaired) electrons. The first kappa shape index (κ1) is 14.9. The van der Waals surface area contributed by atoms with Crippen LogP contribution in [0.15, 0.2) is 23.1 Å². The van der Waals surface area contributed by atoms with Crippen LogP contribution in [0.25, 0.3) is 0 Å². The van der Waals surface area contributed by atoms with Gasteiger partial charge in [-0.1, -0.05) is 31.9 Å². The average molecular weight is 281 g/mol. The standard InChI is InChI=1S/C16H24FNS/c1-11-6-4-7-13(10-11)19-16-14(12(2)18-3)8-5-9-15(16)17/h5,8-9,11-13,18H,4,6-7,10H2,1-3H3. The quantitative estimate of drug-likeness (QED) is 0.852. The number of rotatable bonds is 4. The molecule has 106 valence electrons. The summed E-state index contributed by atoms with van der Waals surface area (Å²) in [7, 11) is 1.92. The summed E-state index contributed by atoms with van der Waals surface area (Å²) < 4.78 is 14.2. The van der Waals surface area contributed by atoms with Gasteiger partial charge in [-0.05, 0) is 44.4 Å². The van der Waals surface area contributed by atoms with Crippen molar-refractivity contribution < 1.29 is 4.39 Å². The Morgan fingerprint density at radius 1 is 1.37 bits per heavy atom. The van der Waals surface area contributed by atoms with Gasteiger partial charge in [-0.25, -0.2) is 4.39 Å². The predicted molar refractivity (Wildman–Crippen MR) is 81.2 cm³/mol. The zero-order chi connectivity index (χ0) is 13.8. The van der Waals surface area contributed by atoms with E-state index in [1.807, 2.05) is 19.2 Å². The van der Waals surface area contributed by atoms with Crippen LogP contribution in [0.2, 0.25) is 0 Å². The third kappa shape index (κ3) is 3.73. The van der Waals surface area contributed by atoms with Gasteiger partial charge in [-0.15, -0.1) is 11.8 Å². The SMILES string of the molecule is CNC(C)c1cccc(F)c1SC1CCCC(C)C1. The summed E-state index contributed by atoms with van der Waals surface area (Å²) in [5, 5.41) is 3.79. The van der Waals surface area contributed by atoms with E-state index in [0.29, 0.717) is 5.25 Å². The fourth-order valence-corrected chi connectivity index (χ4v) is 4.40. The maximum atomic E-state index is 14.2. The molecule has 19 heavy (non-hydrogen) atoms. The van der Waals surface area contributed by atoms with E-state index in [0.717, 1.165) is 16.4 Å². The molecule has 1 N–H and O–H groups in total. The molecule has 3 heteroatoms. The van der Waals surface area contributed by atoms with Crippen LogP contribution in [0, 0.1) is 11.7 Å². The highest BCUT2D eigenvalue weighted by molar-refractivity contribution is 8.00. The zero-order valence-corrected chi connectivity index (χ0v) is 12.9. The second-order valence-corrected chi connectivity index (χ2v) is 6.99. The molecule has 0 aliphatic heterocycles. The van der Waals surface area contributed by atoms with Crippen molar-refractivity contribution >= 4 is 11.8 Å². The summed E-state index contributed by atoms with van der Waals surface area (Å²) in [6.07, 6.45) is 5.04. The van der Waals surface area contributed by atoms with Gasteiger partial charge in [0.25, 0.3) is 0 Å². The van der Waals surface area contributed by atoms with Gasteiger partial charge in [0.15, 0.2) is 0 Å². The third-order valence-corrected chi connectivity index (χ3v) is 5.50. The lowest BCUT2D eigenvalue weighted by Crippen LogP contribution is -2.17. The average Bonchev–Trinajstić information content (AvgIpc) is 2.40. The van der Waals surface area contributed by atoms with Gasteiger partial charge in [-0.3, -0.25) is 0 Å². The van der Waals surface area contributed by atoms with Crippen molar-refractivity contribution in [1.29, 1.82) is 0 Å². The van der Waals surface area contributed by atoms with E-state index >= 15 is 0 Å². The second-order valence-electron chi connectivity index (χ2n) is 5.68. The summed E-state index contributed by atoms with van der Waals surface area (Å²) in [5.74, 6) is 0.714. The van der Waals surface area contributed by atoms with Crippen LogP contribution < -0.4 is 5.32 Å². The number of hydrogen-bond acceptors (Lipinski definition) is 2. The Balaban J connectivity index is 2.18. The van der Waals surface area contributed by atoms with Crippen molar-refractivity contribution in [3.05, 3.63) is 29.6 Å². The molecule has 0 saturated heterocycles. The van der Waals surface area contributed by atoms with Crippen molar-refractivity contribution in [2.24, 2.45) is 5.92 Å². The molecule has 1 aromatic rings. The van der Waals surface area contributed by atoms with Crippen LogP contribution in [0.5, 0.6) is 0 Å². The van der Waals surface area contributed by atoms with Gasteiger partial charge in [0.2, 0.25) is 0 Å². The molecule has 1 fully saturated rings. The molecular weight excluding hydrogens is 257 g/mol. The van der Waals surface area contributed by atoms with Crippen molar-refractivity contribution in [3.63, 3.8) is 0 Å². The monoisotopic (exact) mass is 281 g/mol. The van der Waals surface area contributed by atoms with Crippen LogP contribution >= 0.6 is 11.8 Å². The molecule has 3 atom stereocenters. The molecule has 1 aliphatic rings. The number of benzene rings is 1. The second kappa shape index (κ2) is 6.76. The van der Waals surface area contributed by atoms with Crippen molar-refractivity contribution in [3.8, 4) is 0 Å². The topological polar surface area (TPSA) is 12.0 Å². The number of hydrogen-bond donors (Lipinski definition) is 1. The van der Waals surface area contributed by atoms with E-state index in [1.54, 1.807) is 17.8 Å². The maximum Gasteiger partial charge on any atom is 0.137 e. The van der Waals surface area contributed by atoms with Crippen LogP contribution in [0.4, 0.5) is 4.39 Å². The predicted octanol–water partition coefficient (Wildman–Crippen LogP) is 4.78. The fourth-order valence-electron chi connectivity index (χ4n) is 2.80. The molecule has 1 aromatic carbocycles. The van der Waals surface area contributed by atoms with Gasteiger partial charge in [0.05, 0.1) is 0 Å². The Kier molecular flexibility index (Phi) is 5.28. The van der Waals surface area contributed by atoms with Crippen molar-refractivity contribution in [2.75, 3.05) is 7.05 Å². The molecular formula is C16H24FNS. The molecule has 2 rings (SSSR count). The summed E-state index contributed by atoms with van der Waals surface area (Å²) in [6.45, 7) is 4.40. The van der Waals surface area contributed by atoms with E-state index < -0.39 is 0 Å². The molecule has 0 aromatic heterocycles. The van der Waals surface area contributed by atoms with E-state index in [1.165, 1.54) is 25.7 Å². The van der Waals surface area contributed by atoms with E-state index in [4.69, 9.17) is 0 Å². The lowest BCUT2D eigenvalue weighted by Gasteiger charge is -2.27. The Bertz CT molecular complexity index is 421. The number of nitrogens with one attached hydrogen (secondary N) is 1. The summed E-state index contributed by atoms with van der Waals surface area (Å²) in [5.41, 5.74) is 1.09. The highest BCUT2D eigenvalue weighted by Crippen LogP contribution is 2.39. The number of thioether (sulfide) groups is 1. The lowest BCUT2D eigenvalue weighted by molar-refractivity contribution is 0.394. The first-order valence-electron chi connectivity index (χ1n) is 7.24. The Morgan fingerprint density at radius 2 is 2.16 bits per heavy atom. The first-order valence-corrected chi connectivity index (χ1v) is 8.12. The van der Waals surface area contributed by atoms with Crippen LogP contribution in [-0.4, -0.2) is 12.3 Å². The minimum atomic E-state index is -0.0668. The van der Waals surface area contributed by atoms with E-state index in [-0.39, 0.29) is 11.9 Å². The van der Waals surface area contributed by atoms with Gasteiger partial charge < -0.3 is 5.32 Å². The molecule has 3 unspecified atom stereocenters. The van der Waals surface area contributed by atoms with Crippen LogP contribution in [0.3, 0.4) is 0 Å². The Hall–Kier alpha value is -0.540. The summed E-state index contributed by atoms with van der Waals surface area (Å²) in [6, 6.07) is 5.63. The molecule has 0 heterocycles. The molecule has 1 nitrogen and oxygen atoms in total. The number of halogens is 1. The van der Waals surface area contributed by atoms with Crippen molar-refractivity contribution in [1.82, 2.24) is 5.32 Å². The third-order valence-electron chi connectivity index (χ3n) is 4.07. The zero-order valence-electron chi connectivity index (χ0n) is 12.1. The minimum Gasteiger partial charge on any atom is -0.313 e. The lowest BCUT2D eigenvalue weighted by atomic mass is 9.91. The largest absolute Gasteiger partial charge is 0.313 e. The van der Waals surface area contributed by atoms with Crippen LogP contribution in [0.1, 0.15) is 51.1 Å². The highest BCUT2D eigenvalue weighted by atomic mass is 32.2. The summed E-state index contributed by atoms with van der Waals surface area (Å²) >= 11 is 1.75. The highest BCUT2D eigenvalue weighted by Gasteiger charge is 2.23. The van der Waals surface area contributed by atoms with Crippen molar-refractivity contribution in [2.45, 2.75) is 55.7 Å². The normalized spacial score (nSPS) is 25.3. The molecule has 0 amide bonds. The van der Waals surface area contributed by atoms with Crippen LogP contribution in [-0.2, 0) is 0 Å². The van der Waals surface area contributed by atoms with Gasteiger partial charge in [0.1, 0.15) is 5.82 Å². The molecule has 0 bridgehead atoms. The maximum absolute atomic E-state index is 14.2. The minimum absolute atomic E-state index is 0.0668. The van der Waals surface area contributed by atoms with E-state index in [9.17, 15) is 4.39 Å². The van der Waals surface area contributed by atoms with Gasteiger partial charge in [-0.2, -0.15) is 0 Å². The molecule has 0 spiro atoms. The van der Waals surface area contributed by atoms with Gasteiger partial charge >= 0.3 is 0 Å². The summed E-state index contributed by atoms with van der Waals surface area (Å²) in [4.78, 5) is 0.850.